The number of aliphatic carboxylic acids is 1. The fraction of sp³-hybridized carbons (Fsp3) is 0.292. The zero-order chi connectivity index (χ0) is 23.1. The minimum absolute atomic E-state index is 0.224. The number of carboxylic acid groups (broad SMARTS) is 1. The van der Waals surface area contributed by atoms with Crippen LogP contribution in [0.2, 0.25) is 0 Å². The molecule has 0 radical (unpaired) electrons. The lowest BCUT2D eigenvalue weighted by Gasteiger charge is -2.16. The van der Waals surface area contributed by atoms with Gasteiger partial charge in [0.2, 0.25) is 0 Å². The van der Waals surface area contributed by atoms with Crippen LogP contribution >= 0.6 is 11.8 Å². The molecule has 2 aromatic carbocycles. The summed E-state index contributed by atoms with van der Waals surface area (Å²) in [6, 6.07) is 13.0. The minimum Gasteiger partial charge on any atom is -0.490 e. The van der Waals surface area contributed by atoms with Crippen molar-refractivity contribution in [2.24, 2.45) is 4.99 Å². The highest BCUT2D eigenvalue weighted by Crippen LogP contribution is 2.33. The monoisotopic (exact) mass is 454 g/mol. The number of ether oxygens (including phenoxy) is 2. The molecule has 0 spiro atoms. The number of amidine groups is 1. The van der Waals surface area contributed by atoms with Crippen LogP contribution in [0.5, 0.6) is 11.5 Å². The molecule has 1 saturated heterocycles. The van der Waals surface area contributed by atoms with Crippen LogP contribution in [0.1, 0.15) is 38.3 Å². The van der Waals surface area contributed by atoms with Gasteiger partial charge in [-0.05, 0) is 66.9 Å². The zero-order valence-electron chi connectivity index (χ0n) is 18.3. The van der Waals surface area contributed by atoms with Crippen molar-refractivity contribution in [1.29, 1.82) is 0 Å². The van der Waals surface area contributed by atoms with Gasteiger partial charge >= 0.3 is 5.97 Å². The molecule has 0 bridgehead atoms. The summed E-state index contributed by atoms with van der Waals surface area (Å²) < 4.78 is 11.3. The minimum atomic E-state index is -1.03. The topological polar surface area (TPSA) is 97.2 Å². The van der Waals surface area contributed by atoms with Gasteiger partial charge in [0.05, 0.1) is 17.2 Å². The second-order valence-electron chi connectivity index (χ2n) is 6.96. The molecule has 0 aromatic heterocycles. The Labute approximate surface area is 191 Å². The maximum absolute atomic E-state index is 12.5. The van der Waals surface area contributed by atoms with Crippen LogP contribution in [0.25, 0.3) is 6.08 Å². The smallest absolute Gasteiger partial charge is 0.344 e. The summed E-state index contributed by atoms with van der Waals surface area (Å²) in [5, 5.41) is 12.6. The van der Waals surface area contributed by atoms with Crippen LogP contribution in [0.15, 0.2) is 52.4 Å². The molecule has 2 aromatic rings. The molecule has 1 fully saturated rings. The molecule has 7 nitrogen and oxygen atoms in total. The van der Waals surface area contributed by atoms with Crippen molar-refractivity contribution in [2.45, 2.75) is 39.7 Å². The Kier molecular flexibility index (Phi) is 7.94. The molecule has 0 aliphatic carbocycles. The summed E-state index contributed by atoms with van der Waals surface area (Å²) in [6.07, 6.45) is 1.96. The van der Waals surface area contributed by atoms with Gasteiger partial charge < -0.3 is 19.9 Å². The van der Waals surface area contributed by atoms with Crippen molar-refractivity contribution in [1.82, 2.24) is 5.32 Å². The Morgan fingerprint density at radius 3 is 2.66 bits per heavy atom. The summed E-state index contributed by atoms with van der Waals surface area (Å²) in [5.74, 6) is -0.476. The first-order chi connectivity index (χ1) is 15.4. The molecule has 0 saturated carbocycles. The van der Waals surface area contributed by atoms with Crippen molar-refractivity contribution >= 4 is 40.6 Å². The average Bonchev–Trinajstić information content (AvgIpc) is 3.12. The number of nitrogens with one attached hydrogen (secondary N) is 1. The third-order valence-electron chi connectivity index (χ3n) is 4.73. The van der Waals surface area contributed by atoms with Crippen LogP contribution in [0.3, 0.4) is 0 Å². The Morgan fingerprint density at radius 1 is 1.19 bits per heavy atom. The Hall–Kier alpha value is -3.26. The third kappa shape index (κ3) is 5.70. The fourth-order valence-electron chi connectivity index (χ4n) is 3.10. The summed E-state index contributed by atoms with van der Waals surface area (Å²) >= 11 is 1.27. The number of benzene rings is 2. The van der Waals surface area contributed by atoms with E-state index in [2.05, 4.69) is 17.2 Å². The number of carbonyl (C=O) groups excluding carboxylic acids is 1. The van der Waals surface area contributed by atoms with E-state index >= 15 is 0 Å². The number of thioether (sulfide) groups is 1. The molecular weight excluding hydrogens is 428 g/mol. The lowest BCUT2D eigenvalue weighted by Crippen LogP contribution is -2.26. The highest BCUT2D eigenvalue weighted by Gasteiger charge is 2.24. The first-order valence-corrected chi connectivity index (χ1v) is 11.3. The van der Waals surface area contributed by atoms with Crippen molar-refractivity contribution in [3.05, 3.63) is 58.5 Å². The molecule has 1 aliphatic rings. The van der Waals surface area contributed by atoms with Crippen LogP contribution < -0.4 is 14.8 Å². The normalized spacial score (nSPS) is 16.8. The molecule has 2 N–H and O–H groups in total. The number of amides is 1. The number of carboxylic acids is 1. The Bertz CT molecular complexity index is 1060. The van der Waals surface area contributed by atoms with Gasteiger partial charge in [0.15, 0.2) is 22.8 Å². The predicted octanol–water partition coefficient (Wildman–Crippen LogP) is 4.78. The van der Waals surface area contributed by atoms with Gasteiger partial charge in [-0.3, -0.25) is 4.79 Å². The van der Waals surface area contributed by atoms with Gasteiger partial charge in [0, 0.05) is 0 Å². The summed E-state index contributed by atoms with van der Waals surface area (Å²) in [5.41, 5.74) is 2.68. The van der Waals surface area contributed by atoms with Crippen LogP contribution in [0, 0.1) is 0 Å². The maximum Gasteiger partial charge on any atom is 0.344 e. The van der Waals surface area contributed by atoms with E-state index in [1.165, 1.54) is 11.8 Å². The second kappa shape index (κ2) is 10.9. The first-order valence-electron chi connectivity index (χ1n) is 10.5. The van der Waals surface area contributed by atoms with E-state index in [0.717, 1.165) is 23.2 Å². The van der Waals surface area contributed by atoms with E-state index in [4.69, 9.17) is 9.47 Å². The van der Waals surface area contributed by atoms with Crippen molar-refractivity contribution < 1.29 is 24.2 Å². The molecule has 1 atom stereocenters. The first kappa shape index (κ1) is 23.4. The maximum atomic E-state index is 12.5. The third-order valence-corrected chi connectivity index (χ3v) is 5.64. The van der Waals surface area contributed by atoms with Crippen molar-refractivity contribution in [3.63, 3.8) is 0 Å². The average molecular weight is 455 g/mol. The van der Waals surface area contributed by atoms with Crippen molar-refractivity contribution in [3.8, 4) is 11.5 Å². The molecular formula is C24H26N2O5S. The quantitative estimate of drug-likeness (QED) is 0.529. The summed E-state index contributed by atoms with van der Waals surface area (Å²) in [4.78, 5) is 28.9. The molecule has 1 heterocycles. The largest absolute Gasteiger partial charge is 0.490 e. The van der Waals surface area contributed by atoms with E-state index in [1.54, 1.807) is 31.2 Å². The van der Waals surface area contributed by atoms with E-state index < -0.39 is 12.1 Å². The number of aryl methyl sites for hydroxylation is 1. The number of aliphatic imine (C=N–C) groups is 1. The molecule has 1 aliphatic heterocycles. The Morgan fingerprint density at radius 2 is 1.97 bits per heavy atom. The van der Waals surface area contributed by atoms with Crippen LogP contribution in [-0.4, -0.2) is 34.9 Å². The van der Waals surface area contributed by atoms with Gasteiger partial charge in [-0.25, -0.2) is 9.79 Å². The van der Waals surface area contributed by atoms with Gasteiger partial charge in [-0.15, -0.1) is 0 Å². The number of hydrogen-bond donors (Lipinski definition) is 2. The second-order valence-corrected chi connectivity index (χ2v) is 7.99. The zero-order valence-corrected chi connectivity index (χ0v) is 19.1. The van der Waals surface area contributed by atoms with Crippen LogP contribution in [-0.2, 0) is 16.0 Å². The van der Waals surface area contributed by atoms with Gasteiger partial charge in [-0.2, -0.15) is 0 Å². The molecule has 32 heavy (non-hydrogen) atoms. The highest BCUT2D eigenvalue weighted by molar-refractivity contribution is 8.18. The van der Waals surface area contributed by atoms with E-state index in [9.17, 15) is 14.7 Å². The summed E-state index contributed by atoms with van der Waals surface area (Å²) in [6.45, 7) is 6.03. The van der Waals surface area contributed by atoms with Gasteiger partial charge in [0.25, 0.3) is 5.91 Å². The number of carbonyl (C=O) groups is 2. The van der Waals surface area contributed by atoms with Gasteiger partial charge in [0.1, 0.15) is 0 Å². The molecule has 3 rings (SSSR count). The fourth-order valence-corrected chi connectivity index (χ4v) is 3.94. The van der Waals surface area contributed by atoms with Crippen molar-refractivity contribution in [2.75, 3.05) is 6.61 Å². The highest BCUT2D eigenvalue weighted by atomic mass is 32.2. The number of para-hydroxylation sites is 1. The van der Waals surface area contributed by atoms with Crippen LogP contribution in [0.4, 0.5) is 5.69 Å². The lowest BCUT2D eigenvalue weighted by molar-refractivity contribution is -0.145. The van der Waals surface area contributed by atoms with Gasteiger partial charge in [-0.1, -0.05) is 38.1 Å². The number of rotatable bonds is 9. The SMILES string of the molecule is CCOc1cc(/C=C2/SC(=Nc3ccccc3CC)NC2=O)ccc1OC(CC)C(=O)O. The van der Waals surface area contributed by atoms with E-state index in [1.807, 2.05) is 31.2 Å². The molecule has 1 amide bonds. The molecule has 8 heteroatoms. The van der Waals surface area contributed by atoms with E-state index in [0.29, 0.717) is 34.6 Å². The van der Waals surface area contributed by atoms with E-state index in [-0.39, 0.29) is 5.91 Å². The number of nitrogens with zero attached hydrogens (tertiary/aromatic N) is 1. The standard InChI is InChI=1S/C24H26N2O5S/c1-4-16-9-7-8-10-17(16)25-24-26-22(27)21(32-24)14-15-11-12-19(20(13-15)30-6-3)31-18(5-2)23(28)29/h7-14,18H,4-6H2,1-3H3,(H,28,29)(H,25,26,27)/b21-14+. The number of hydrogen-bond acceptors (Lipinski definition) is 6. The Balaban J connectivity index is 1.84. The predicted molar refractivity (Wildman–Crippen MR) is 127 cm³/mol. The lowest BCUT2D eigenvalue weighted by atomic mass is 10.1. The molecule has 168 valence electrons. The molecule has 1 unspecified atom stereocenters. The summed E-state index contributed by atoms with van der Waals surface area (Å²) in [7, 11) is 0.